The molecule has 1 N–H and O–H groups in total. The predicted molar refractivity (Wildman–Crippen MR) is 83.8 cm³/mol. The average Bonchev–Trinajstić information content (AvgIpc) is 2.91. The number of ether oxygens (including phenoxy) is 1. The first-order valence-electron chi connectivity index (χ1n) is 7.95. The van der Waals surface area contributed by atoms with Crippen LogP contribution in [0.15, 0.2) is 18.2 Å². The summed E-state index contributed by atoms with van der Waals surface area (Å²) in [5.41, 5.74) is 1.02. The Morgan fingerprint density at radius 1 is 1.29 bits per heavy atom. The maximum absolute atomic E-state index is 12.2. The fourth-order valence-electron chi connectivity index (χ4n) is 3.35. The highest BCUT2D eigenvalue weighted by molar-refractivity contribution is 6.30. The Balaban J connectivity index is 1.44. The van der Waals surface area contributed by atoms with Crippen molar-refractivity contribution in [3.05, 3.63) is 28.8 Å². The number of hydrogen-bond donors (Lipinski definition) is 1. The topological polar surface area (TPSA) is 38.3 Å². The molecular weight excluding hydrogens is 286 g/mol. The lowest BCUT2D eigenvalue weighted by atomic mass is 9.87. The van der Waals surface area contributed by atoms with Crippen molar-refractivity contribution in [3.63, 3.8) is 0 Å². The quantitative estimate of drug-likeness (QED) is 0.920. The molecule has 1 aliphatic carbocycles. The van der Waals surface area contributed by atoms with Crippen LogP contribution in [0.3, 0.4) is 0 Å². The summed E-state index contributed by atoms with van der Waals surface area (Å²) >= 11 is 5.96. The summed E-state index contributed by atoms with van der Waals surface area (Å²) in [5, 5.41) is 3.71. The van der Waals surface area contributed by atoms with Gasteiger partial charge in [0.1, 0.15) is 5.75 Å². The Bertz CT molecular complexity index is 512. The zero-order valence-electron chi connectivity index (χ0n) is 12.2. The average molecular weight is 308 g/mol. The van der Waals surface area contributed by atoms with Crippen molar-refractivity contribution in [2.75, 3.05) is 6.54 Å². The molecule has 0 saturated heterocycles. The van der Waals surface area contributed by atoms with Gasteiger partial charge in [-0.3, -0.25) is 4.79 Å². The second-order valence-corrected chi connectivity index (χ2v) is 6.58. The van der Waals surface area contributed by atoms with E-state index in [0.29, 0.717) is 11.4 Å². The molecule has 1 atom stereocenters. The van der Waals surface area contributed by atoms with Gasteiger partial charge in [0.25, 0.3) is 5.91 Å². The molecule has 0 bridgehead atoms. The number of nitrogens with one attached hydrogen (secondary N) is 1. The van der Waals surface area contributed by atoms with Crippen molar-refractivity contribution in [2.45, 2.75) is 51.0 Å². The van der Waals surface area contributed by atoms with E-state index in [1.807, 2.05) is 12.1 Å². The Morgan fingerprint density at radius 2 is 2.10 bits per heavy atom. The number of carbonyl (C=O) groups excluding carboxylic acids is 1. The number of halogens is 1. The Morgan fingerprint density at radius 3 is 2.90 bits per heavy atom. The first kappa shape index (κ1) is 14.7. The molecule has 1 saturated carbocycles. The van der Waals surface area contributed by atoms with Crippen LogP contribution in [0, 0.1) is 5.92 Å². The van der Waals surface area contributed by atoms with E-state index in [-0.39, 0.29) is 5.91 Å². The van der Waals surface area contributed by atoms with E-state index < -0.39 is 6.10 Å². The molecule has 1 amide bonds. The standard InChI is InChI=1S/C17H22ClNO2/c18-14-6-7-15-13(10-14)11-16(21-15)17(20)19-9-8-12-4-2-1-3-5-12/h6-7,10,12,16H,1-5,8-9,11H2,(H,19,20). The molecule has 1 fully saturated rings. The first-order valence-corrected chi connectivity index (χ1v) is 8.33. The van der Waals surface area contributed by atoms with Gasteiger partial charge in [-0.15, -0.1) is 0 Å². The molecular formula is C17H22ClNO2. The van der Waals surface area contributed by atoms with Gasteiger partial charge in [-0.25, -0.2) is 0 Å². The zero-order chi connectivity index (χ0) is 14.7. The molecule has 3 nitrogen and oxygen atoms in total. The molecule has 4 heteroatoms. The van der Waals surface area contributed by atoms with Crippen molar-refractivity contribution in [1.29, 1.82) is 0 Å². The molecule has 2 aliphatic rings. The molecule has 1 aliphatic heterocycles. The normalized spacial score (nSPS) is 21.7. The number of hydrogen-bond acceptors (Lipinski definition) is 2. The van der Waals surface area contributed by atoms with Crippen LogP contribution < -0.4 is 10.1 Å². The van der Waals surface area contributed by atoms with Gasteiger partial charge in [-0.1, -0.05) is 43.7 Å². The van der Waals surface area contributed by atoms with Gasteiger partial charge in [0.15, 0.2) is 6.10 Å². The third-order valence-electron chi connectivity index (χ3n) is 4.57. The first-order chi connectivity index (χ1) is 10.2. The Labute approximate surface area is 131 Å². The van der Waals surface area contributed by atoms with Gasteiger partial charge in [0, 0.05) is 18.0 Å². The largest absolute Gasteiger partial charge is 0.480 e. The highest BCUT2D eigenvalue weighted by Crippen LogP contribution is 2.31. The molecule has 3 rings (SSSR count). The second-order valence-electron chi connectivity index (χ2n) is 6.15. The van der Waals surface area contributed by atoms with Crippen LogP contribution >= 0.6 is 11.6 Å². The lowest BCUT2D eigenvalue weighted by molar-refractivity contribution is -0.127. The Kier molecular flexibility index (Phi) is 4.69. The van der Waals surface area contributed by atoms with Gasteiger partial charge >= 0.3 is 0 Å². The summed E-state index contributed by atoms with van der Waals surface area (Å²) in [4.78, 5) is 12.2. The summed E-state index contributed by atoms with van der Waals surface area (Å²) in [6.07, 6.45) is 8.02. The summed E-state index contributed by atoms with van der Waals surface area (Å²) in [7, 11) is 0. The molecule has 1 unspecified atom stereocenters. The van der Waals surface area contributed by atoms with E-state index in [1.165, 1.54) is 32.1 Å². The second kappa shape index (κ2) is 6.69. The third-order valence-corrected chi connectivity index (χ3v) is 4.80. The molecule has 0 radical (unpaired) electrons. The van der Waals surface area contributed by atoms with Crippen LogP contribution in [-0.2, 0) is 11.2 Å². The SMILES string of the molecule is O=C(NCCC1CCCCC1)C1Cc2cc(Cl)ccc2O1. The van der Waals surface area contributed by atoms with Crippen molar-refractivity contribution in [2.24, 2.45) is 5.92 Å². The van der Waals surface area contributed by atoms with Crippen molar-refractivity contribution >= 4 is 17.5 Å². The number of rotatable bonds is 4. The minimum atomic E-state index is -0.398. The predicted octanol–water partition coefficient (Wildman–Crippen LogP) is 3.73. The van der Waals surface area contributed by atoms with Crippen LogP contribution in [0.2, 0.25) is 5.02 Å². The summed E-state index contributed by atoms with van der Waals surface area (Å²) in [6, 6.07) is 5.52. The summed E-state index contributed by atoms with van der Waals surface area (Å²) in [5.74, 6) is 1.57. The van der Waals surface area contributed by atoms with Gasteiger partial charge in [-0.05, 0) is 36.1 Å². The number of fused-ring (bicyclic) bond motifs is 1. The van der Waals surface area contributed by atoms with Crippen molar-refractivity contribution in [1.82, 2.24) is 5.32 Å². The zero-order valence-corrected chi connectivity index (χ0v) is 13.0. The Hall–Kier alpha value is -1.22. The minimum Gasteiger partial charge on any atom is -0.480 e. The van der Waals surface area contributed by atoms with Crippen LogP contribution in [0.25, 0.3) is 0 Å². The van der Waals surface area contributed by atoms with Gasteiger partial charge in [0.05, 0.1) is 0 Å². The fraction of sp³-hybridized carbons (Fsp3) is 0.588. The van der Waals surface area contributed by atoms with Crippen LogP contribution in [-0.4, -0.2) is 18.6 Å². The van der Waals surface area contributed by atoms with Crippen LogP contribution in [0.1, 0.15) is 44.1 Å². The maximum Gasteiger partial charge on any atom is 0.261 e. The smallest absolute Gasteiger partial charge is 0.261 e. The van der Waals surface area contributed by atoms with Gasteiger partial charge in [-0.2, -0.15) is 0 Å². The lowest BCUT2D eigenvalue weighted by Gasteiger charge is -2.21. The molecule has 1 aromatic rings. The van der Waals surface area contributed by atoms with Crippen LogP contribution in [0.4, 0.5) is 0 Å². The molecule has 0 spiro atoms. The molecule has 1 aromatic carbocycles. The minimum absolute atomic E-state index is 0.00173. The third kappa shape index (κ3) is 3.70. The fourth-order valence-corrected chi connectivity index (χ4v) is 3.55. The highest BCUT2D eigenvalue weighted by Gasteiger charge is 2.29. The highest BCUT2D eigenvalue weighted by atomic mass is 35.5. The molecule has 114 valence electrons. The van der Waals surface area contributed by atoms with Gasteiger partial charge in [0.2, 0.25) is 0 Å². The molecule has 1 heterocycles. The van der Waals surface area contributed by atoms with E-state index in [1.54, 1.807) is 6.07 Å². The maximum atomic E-state index is 12.2. The van der Waals surface area contributed by atoms with E-state index in [0.717, 1.165) is 30.2 Å². The van der Waals surface area contributed by atoms with E-state index in [2.05, 4.69) is 5.32 Å². The molecule has 21 heavy (non-hydrogen) atoms. The summed E-state index contributed by atoms with van der Waals surface area (Å²) < 4.78 is 5.70. The summed E-state index contributed by atoms with van der Waals surface area (Å²) in [6.45, 7) is 0.764. The van der Waals surface area contributed by atoms with E-state index in [4.69, 9.17) is 16.3 Å². The monoisotopic (exact) mass is 307 g/mol. The van der Waals surface area contributed by atoms with Gasteiger partial charge < -0.3 is 10.1 Å². The number of amides is 1. The van der Waals surface area contributed by atoms with Crippen molar-refractivity contribution < 1.29 is 9.53 Å². The number of benzene rings is 1. The molecule has 0 aromatic heterocycles. The number of carbonyl (C=O) groups is 1. The van der Waals surface area contributed by atoms with E-state index >= 15 is 0 Å². The van der Waals surface area contributed by atoms with Crippen molar-refractivity contribution in [3.8, 4) is 5.75 Å². The lowest BCUT2D eigenvalue weighted by Crippen LogP contribution is -2.38. The van der Waals surface area contributed by atoms with E-state index in [9.17, 15) is 4.79 Å². The van der Waals surface area contributed by atoms with Crippen LogP contribution in [0.5, 0.6) is 5.75 Å².